The van der Waals surface area contributed by atoms with Gasteiger partial charge in [-0.25, -0.2) is 8.42 Å². The summed E-state index contributed by atoms with van der Waals surface area (Å²) in [4.78, 5) is 0. The summed E-state index contributed by atoms with van der Waals surface area (Å²) < 4.78 is 27.7. The van der Waals surface area contributed by atoms with E-state index in [0.29, 0.717) is 5.92 Å². The maximum atomic E-state index is 11.0. The molecule has 2 rings (SSSR count). The lowest BCUT2D eigenvalue weighted by molar-refractivity contribution is 0.0240. The molecule has 4 heteroatoms. The first kappa shape index (κ1) is 9.21. The van der Waals surface area contributed by atoms with E-state index in [9.17, 15) is 8.42 Å². The molecule has 3 nitrogen and oxygen atoms in total. The summed E-state index contributed by atoms with van der Waals surface area (Å²) in [5.41, 5.74) is 0. The third-order valence-corrected chi connectivity index (χ3v) is 3.94. The van der Waals surface area contributed by atoms with Crippen molar-refractivity contribution >= 4 is 9.84 Å². The van der Waals surface area contributed by atoms with Crippen molar-refractivity contribution in [1.29, 1.82) is 0 Å². The molecule has 0 radical (unpaired) electrons. The van der Waals surface area contributed by atoms with E-state index >= 15 is 0 Å². The van der Waals surface area contributed by atoms with Gasteiger partial charge in [-0.05, 0) is 31.8 Å². The van der Waals surface area contributed by atoms with Gasteiger partial charge in [0.25, 0.3) is 0 Å². The summed E-state index contributed by atoms with van der Waals surface area (Å²) in [5, 5.41) is 1.26. The standard InChI is InChI=1S/C9H14O3S/c1-7(8-2-3-8)12-9-4-5-13(10,11)6-9/h4-5,7-9H,2-3,6H2,1H3. The fraction of sp³-hybridized carbons (Fsp3) is 0.778. The molecule has 1 aliphatic heterocycles. The summed E-state index contributed by atoms with van der Waals surface area (Å²) in [5.74, 6) is 0.793. The minimum atomic E-state index is -2.95. The van der Waals surface area contributed by atoms with Crippen molar-refractivity contribution in [2.75, 3.05) is 5.75 Å². The average Bonchev–Trinajstić information content (AvgIpc) is 2.78. The molecule has 0 saturated heterocycles. The van der Waals surface area contributed by atoms with Crippen LogP contribution in [0.15, 0.2) is 11.5 Å². The van der Waals surface area contributed by atoms with Gasteiger partial charge in [0.05, 0.1) is 18.0 Å². The van der Waals surface area contributed by atoms with Crippen molar-refractivity contribution in [1.82, 2.24) is 0 Å². The van der Waals surface area contributed by atoms with Crippen molar-refractivity contribution in [3.05, 3.63) is 11.5 Å². The summed E-state index contributed by atoms with van der Waals surface area (Å²) in [7, 11) is -2.95. The normalized spacial score (nSPS) is 33.5. The summed E-state index contributed by atoms with van der Waals surface area (Å²) in [6, 6.07) is 0. The Hall–Kier alpha value is -0.350. The van der Waals surface area contributed by atoms with Gasteiger partial charge in [0.1, 0.15) is 0 Å². The van der Waals surface area contributed by atoms with Crippen molar-refractivity contribution < 1.29 is 13.2 Å². The van der Waals surface area contributed by atoms with E-state index in [1.54, 1.807) is 6.08 Å². The Morgan fingerprint density at radius 1 is 1.46 bits per heavy atom. The van der Waals surface area contributed by atoms with Gasteiger partial charge in [0, 0.05) is 5.41 Å². The first-order valence-corrected chi connectivity index (χ1v) is 6.35. The van der Waals surface area contributed by atoms with Gasteiger partial charge in [-0.15, -0.1) is 0 Å². The van der Waals surface area contributed by atoms with Crippen LogP contribution >= 0.6 is 0 Å². The highest BCUT2D eigenvalue weighted by Crippen LogP contribution is 2.35. The van der Waals surface area contributed by atoms with Gasteiger partial charge >= 0.3 is 0 Å². The zero-order chi connectivity index (χ0) is 9.47. The molecule has 1 saturated carbocycles. The van der Waals surface area contributed by atoms with E-state index in [4.69, 9.17) is 4.74 Å². The molecule has 0 N–H and O–H groups in total. The molecule has 1 fully saturated rings. The van der Waals surface area contributed by atoms with E-state index in [-0.39, 0.29) is 18.0 Å². The average molecular weight is 202 g/mol. The predicted octanol–water partition coefficient (Wildman–Crippen LogP) is 1.11. The van der Waals surface area contributed by atoms with Crippen LogP contribution < -0.4 is 0 Å². The van der Waals surface area contributed by atoms with Gasteiger partial charge in [-0.1, -0.05) is 0 Å². The Morgan fingerprint density at radius 3 is 2.62 bits per heavy atom. The molecule has 13 heavy (non-hydrogen) atoms. The van der Waals surface area contributed by atoms with Gasteiger partial charge in [0.2, 0.25) is 0 Å². The molecule has 0 spiro atoms. The monoisotopic (exact) mass is 202 g/mol. The van der Waals surface area contributed by atoms with Crippen LogP contribution in [0.3, 0.4) is 0 Å². The largest absolute Gasteiger partial charge is 0.370 e. The molecule has 0 amide bonds. The second-order valence-corrected chi connectivity index (χ2v) is 5.81. The van der Waals surface area contributed by atoms with E-state index in [1.165, 1.54) is 18.2 Å². The molecular formula is C9H14O3S. The molecule has 0 aromatic heterocycles. The number of hydrogen-bond donors (Lipinski definition) is 0. The summed E-state index contributed by atoms with van der Waals surface area (Å²) in [6.45, 7) is 2.02. The van der Waals surface area contributed by atoms with E-state index in [2.05, 4.69) is 0 Å². The SMILES string of the molecule is CC(OC1C=CS(=O)(=O)C1)C1CC1. The Labute approximate surface area is 78.7 Å². The van der Waals surface area contributed by atoms with Gasteiger partial charge in [-0.3, -0.25) is 0 Å². The lowest BCUT2D eigenvalue weighted by Gasteiger charge is -2.15. The minimum absolute atomic E-state index is 0.129. The quantitative estimate of drug-likeness (QED) is 0.688. The number of hydrogen-bond acceptors (Lipinski definition) is 3. The highest BCUT2D eigenvalue weighted by molar-refractivity contribution is 7.94. The second-order valence-electron chi connectivity index (χ2n) is 3.88. The molecule has 0 bridgehead atoms. The molecule has 2 atom stereocenters. The van der Waals surface area contributed by atoms with Crippen molar-refractivity contribution in [3.8, 4) is 0 Å². The molecule has 74 valence electrons. The number of ether oxygens (including phenoxy) is 1. The number of sulfone groups is 1. The molecule has 0 aromatic carbocycles. The third-order valence-electron chi connectivity index (χ3n) is 2.57. The predicted molar refractivity (Wildman–Crippen MR) is 50.0 cm³/mol. The van der Waals surface area contributed by atoms with Gasteiger partial charge < -0.3 is 4.74 Å². The van der Waals surface area contributed by atoms with Crippen molar-refractivity contribution in [2.45, 2.75) is 32.0 Å². The maximum Gasteiger partial charge on any atom is 0.174 e. The summed E-state index contributed by atoms with van der Waals surface area (Å²) in [6.07, 6.45) is 4.10. The van der Waals surface area contributed by atoms with Crippen LogP contribution in [0.4, 0.5) is 0 Å². The van der Waals surface area contributed by atoms with Gasteiger partial charge in [-0.2, -0.15) is 0 Å². The van der Waals surface area contributed by atoms with Crippen LogP contribution in [0.2, 0.25) is 0 Å². The topological polar surface area (TPSA) is 43.4 Å². The lowest BCUT2D eigenvalue weighted by atomic mass is 10.2. The van der Waals surface area contributed by atoms with Gasteiger partial charge in [0.15, 0.2) is 9.84 Å². The van der Waals surface area contributed by atoms with Crippen LogP contribution in [0.25, 0.3) is 0 Å². The van der Waals surface area contributed by atoms with Crippen LogP contribution in [-0.2, 0) is 14.6 Å². The minimum Gasteiger partial charge on any atom is -0.370 e. The fourth-order valence-corrected chi connectivity index (χ4v) is 2.76. The van der Waals surface area contributed by atoms with Crippen LogP contribution in [0.5, 0.6) is 0 Å². The van der Waals surface area contributed by atoms with E-state index in [0.717, 1.165) is 0 Å². The van der Waals surface area contributed by atoms with Crippen LogP contribution in [0, 0.1) is 5.92 Å². The molecular weight excluding hydrogens is 188 g/mol. The molecule has 1 heterocycles. The third kappa shape index (κ3) is 2.31. The molecule has 2 unspecified atom stereocenters. The summed E-state index contributed by atoms with van der Waals surface area (Å²) >= 11 is 0. The van der Waals surface area contributed by atoms with Crippen LogP contribution in [0.1, 0.15) is 19.8 Å². The Kier molecular flexibility index (Phi) is 2.20. The maximum absolute atomic E-state index is 11.0. The Balaban J connectivity index is 1.87. The zero-order valence-electron chi connectivity index (χ0n) is 7.64. The Morgan fingerprint density at radius 2 is 2.15 bits per heavy atom. The Bertz CT molecular complexity index is 314. The zero-order valence-corrected chi connectivity index (χ0v) is 8.46. The molecule has 1 aliphatic carbocycles. The number of rotatable bonds is 3. The van der Waals surface area contributed by atoms with Crippen LogP contribution in [-0.4, -0.2) is 26.4 Å². The first-order chi connectivity index (χ1) is 6.07. The second kappa shape index (κ2) is 3.10. The first-order valence-electron chi connectivity index (χ1n) is 4.63. The molecule has 2 aliphatic rings. The fourth-order valence-electron chi connectivity index (χ4n) is 1.58. The molecule has 0 aromatic rings. The lowest BCUT2D eigenvalue weighted by Crippen LogP contribution is -2.22. The van der Waals surface area contributed by atoms with Crippen molar-refractivity contribution in [2.24, 2.45) is 5.92 Å². The highest BCUT2D eigenvalue weighted by atomic mass is 32.2. The smallest absolute Gasteiger partial charge is 0.174 e. The highest BCUT2D eigenvalue weighted by Gasteiger charge is 2.32. The van der Waals surface area contributed by atoms with Crippen molar-refractivity contribution in [3.63, 3.8) is 0 Å². The van der Waals surface area contributed by atoms with E-state index < -0.39 is 9.84 Å². The van der Waals surface area contributed by atoms with E-state index in [1.807, 2.05) is 6.92 Å².